The monoisotopic (exact) mass is 422 g/mol. The second kappa shape index (κ2) is 11.5. The molecule has 0 bridgehead atoms. The maximum absolute atomic E-state index is 10.3. The van der Waals surface area contributed by atoms with Crippen molar-refractivity contribution in [3.05, 3.63) is 95.1 Å². The number of aliphatic hydroxyl groups is 3. The van der Waals surface area contributed by atoms with Crippen molar-refractivity contribution in [2.45, 2.75) is 25.2 Å². The Labute approximate surface area is 182 Å². The largest absolute Gasteiger partial charge is 0.508 e. The minimum Gasteiger partial charge on any atom is -0.508 e. The highest BCUT2D eigenvalue weighted by Crippen LogP contribution is 2.22. The van der Waals surface area contributed by atoms with Crippen LogP contribution in [0.25, 0.3) is 0 Å². The van der Waals surface area contributed by atoms with Gasteiger partial charge in [-0.25, -0.2) is 0 Å². The highest BCUT2D eigenvalue weighted by molar-refractivity contribution is 5.45. The fraction of sp³-hybridized carbons (Fsp3) is 0.280. The van der Waals surface area contributed by atoms with Crippen molar-refractivity contribution >= 4 is 5.69 Å². The Morgan fingerprint density at radius 3 is 2.19 bits per heavy atom. The number of hydrogen-bond acceptors (Lipinski definition) is 6. The summed E-state index contributed by atoms with van der Waals surface area (Å²) >= 11 is 0. The third-order valence-corrected chi connectivity index (χ3v) is 5.22. The smallest absolute Gasteiger partial charge is 0.121 e. The van der Waals surface area contributed by atoms with Crippen molar-refractivity contribution in [3.63, 3.8) is 0 Å². The van der Waals surface area contributed by atoms with Gasteiger partial charge in [-0.1, -0.05) is 48.5 Å². The zero-order valence-electron chi connectivity index (χ0n) is 17.4. The molecule has 0 aromatic heterocycles. The minimum absolute atomic E-state index is 0.0268. The van der Waals surface area contributed by atoms with E-state index in [1.54, 1.807) is 12.1 Å². The van der Waals surface area contributed by atoms with E-state index in [1.807, 2.05) is 54.6 Å². The fourth-order valence-corrected chi connectivity index (χ4v) is 3.33. The molecule has 0 heterocycles. The molecule has 31 heavy (non-hydrogen) atoms. The van der Waals surface area contributed by atoms with E-state index in [4.69, 9.17) is 0 Å². The lowest BCUT2D eigenvalue weighted by molar-refractivity contribution is 0.174. The van der Waals surface area contributed by atoms with Gasteiger partial charge in [-0.3, -0.25) is 0 Å². The molecule has 0 aliphatic carbocycles. The summed E-state index contributed by atoms with van der Waals surface area (Å²) in [7, 11) is 0. The number of phenols is 1. The molecule has 0 spiro atoms. The van der Waals surface area contributed by atoms with Crippen LogP contribution in [0.1, 0.15) is 34.5 Å². The van der Waals surface area contributed by atoms with Crippen LogP contribution in [0.3, 0.4) is 0 Å². The summed E-state index contributed by atoms with van der Waals surface area (Å²) in [6.45, 7) is 1.27. The Bertz CT molecular complexity index is 932. The van der Waals surface area contributed by atoms with Crippen LogP contribution >= 0.6 is 0 Å². The molecule has 3 rings (SSSR count). The average Bonchev–Trinajstić information content (AvgIpc) is 2.81. The molecule has 6 N–H and O–H groups in total. The standard InChI is InChI=1S/C25H30N2O4/c28-17-21-14-20(8-11-23(21)29)24(30)15-26-13-12-18-6-9-22(10-7-18)27-16-25(31)19-4-2-1-3-5-19/h1-11,14,24-31H,12-13,15-17H2/t24-,25-/m0/s1. The molecule has 0 radical (unpaired) electrons. The van der Waals surface area contributed by atoms with E-state index >= 15 is 0 Å². The Hall–Kier alpha value is -2.90. The van der Waals surface area contributed by atoms with Gasteiger partial charge in [0.2, 0.25) is 0 Å². The normalized spacial score (nSPS) is 13.0. The fourth-order valence-electron chi connectivity index (χ4n) is 3.33. The van der Waals surface area contributed by atoms with Crippen LogP contribution in [0, 0.1) is 0 Å². The first kappa shape index (κ1) is 22.8. The Balaban J connectivity index is 1.39. The van der Waals surface area contributed by atoms with Crippen molar-refractivity contribution in [2.75, 3.05) is 25.0 Å². The molecular formula is C25H30N2O4. The number of hydrogen-bond donors (Lipinski definition) is 6. The number of benzene rings is 3. The molecule has 3 aromatic rings. The third kappa shape index (κ3) is 6.80. The molecule has 0 saturated heterocycles. The number of aliphatic hydroxyl groups excluding tert-OH is 3. The predicted octanol–water partition coefficient (Wildman–Crippen LogP) is 2.90. The van der Waals surface area contributed by atoms with Gasteiger partial charge in [0.15, 0.2) is 0 Å². The molecule has 3 aromatic carbocycles. The van der Waals surface area contributed by atoms with Crippen LogP contribution in [0.5, 0.6) is 5.75 Å². The van der Waals surface area contributed by atoms with E-state index in [9.17, 15) is 20.4 Å². The van der Waals surface area contributed by atoms with E-state index in [0.29, 0.717) is 30.8 Å². The highest BCUT2D eigenvalue weighted by Gasteiger charge is 2.10. The van der Waals surface area contributed by atoms with E-state index in [0.717, 1.165) is 17.7 Å². The quantitative estimate of drug-likeness (QED) is 0.266. The molecule has 0 aliphatic heterocycles. The predicted molar refractivity (Wildman–Crippen MR) is 122 cm³/mol. The molecule has 0 unspecified atom stereocenters. The summed E-state index contributed by atoms with van der Waals surface area (Å²) in [5.74, 6) is 0.0268. The van der Waals surface area contributed by atoms with Gasteiger partial charge in [0.05, 0.1) is 18.8 Å². The van der Waals surface area contributed by atoms with Crippen molar-refractivity contribution in [2.24, 2.45) is 0 Å². The summed E-state index contributed by atoms with van der Waals surface area (Å²) in [6, 6.07) is 22.4. The lowest BCUT2D eigenvalue weighted by atomic mass is 10.1. The first-order chi connectivity index (χ1) is 15.1. The molecule has 0 amide bonds. The summed E-state index contributed by atoms with van der Waals surface area (Å²) in [5, 5.41) is 45.9. The SMILES string of the molecule is OCc1cc([C@@H](O)CNCCc2ccc(NC[C@H](O)c3ccccc3)cc2)ccc1O. The lowest BCUT2D eigenvalue weighted by Crippen LogP contribution is -2.23. The van der Waals surface area contributed by atoms with E-state index in [2.05, 4.69) is 10.6 Å². The zero-order valence-corrected chi connectivity index (χ0v) is 17.4. The molecule has 164 valence electrons. The summed E-state index contributed by atoms with van der Waals surface area (Å²) in [6.07, 6.45) is -0.455. The van der Waals surface area contributed by atoms with Gasteiger partial charge in [-0.15, -0.1) is 0 Å². The maximum atomic E-state index is 10.3. The van der Waals surface area contributed by atoms with E-state index in [1.165, 1.54) is 11.6 Å². The van der Waals surface area contributed by atoms with E-state index < -0.39 is 12.2 Å². The molecule has 0 saturated carbocycles. The van der Waals surface area contributed by atoms with Crippen molar-refractivity contribution < 1.29 is 20.4 Å². The van der Waals surface area contributed by atoms with Crippen LogP contribution in [0.15, 0.2) is 72.8 Å². The lowest BCUT2D eigenvalue weighted by Gasteiger charge is -2.14. The molecule has 6 heteroatoms. The molecule has 2 atom stereocenters. The Morgan fingerprint density at radius 2 is 1.48 bits per heavy atom. The maximum Gasteiger partial charge on any atom is 0.121 e. The average molecular weight is 423 g/mol. The topological polar surface area (TPSA) is 105 Å². The van der Waals surface area contributed by atoms with Gasteiger partial charge in [0.1, 0.15) is 5.75 Å². The first-order valence-corrected chi connectivity index (χ1v) is 10.4. The number of nitrogens with one attached hydrogen (secondary N) is 2. The Morgan fingerprint density at radius 1 is 0.774 bits per heavy atom. The number of rotatable bonds is 11. The van der Waals surface area contributed by atoms with Crippen molar-refractivity contribution in [3.8, 4) is 5.75 Å². The van der Waals surface area contributed by atoms with Crippen LogP contribution in [0.4, 0.5) is 5.69 Å². The highest BCUT2D eigenvalue weighted by atomic mass is 16.3. The van der Waals surface area contributed by atoms with Crippen molar-refractivity contribution in [1.82, 2.24) is 5.32 Å². The second-order valence-corrected chi connectivity index (χ2v) is 7.52. The van der Waals surface area contributed by atoms with Gasteiger partial charge < -0.3 is 31.1 Å². The molecule has 0 aliphatic rings. The van der Waals surface area contributed by atoms with Gasteiger partial charge in [-0.05, 0) is 53.9 Å². The summed E-state index contributed by atoms with van der Waals surface area (Å²) in [5.41, 5.74) is 4.07. The van der Waals surface area contributed by atoms with Gasteiger partial charge in [-0.2, -0.15) is 0 Å². The van der Waals surface area contributed by atoms with Gasteiger partial charge in [0, 0.05) is 24.3 Å². The minimum atomic E-state index is -0.714. The van der Waals surface area contributed by atoms with Gasteiger partial charge in [0.25, 0.3) is 0 Å². The third-order valence-electron chi connectivity index (χ3n) is 5.22. The van der Waals surface area contributed by atoms with Crippen molar-refractivity contribution in [1.29, 1.82) is 0 Å². The first-order valence-electron chi connectivity index (χ1n) is 10.4. The molecular weight excluding hydrogens is 392 g/mol. The van der Waals surface area contributed by atoms with Crippen LogP contribution in [-0.4, -0.2) is 40.1 Å². The summed E-state index contributed by atoms with van der Waals surface area (Å²) < 4.78 is 0. The second-order valence-electron chi connectivity index (χ2n) is 7.52. The van der Waals surface area contributed by atoms with Crippen LogP contribution in [-0.2, 0) is 13.0 Å². The van der Waals surface area contributed by atoms with E-state index in [-0.39, 0.29) is 12.4 Å². The number of anilines is 1. The van der Waals surface area contributed by atoms with Gasteiger partial charge >= 0.3 is 0 Å². The Kier molecular flexibility index (Phi) is 8.44. The van der Waals surface area contributed by atoms with Crippen LogP contribution < -0.4 is 10.6 Å². The van der Waals surface area contributed by atoms with Crippen LogP contribution in [0.2, 0.25) is 0 Å². The number of aromatic hydroxyl groups is 1. The zero-order chi connectivity index (χ0) is 22.1. The summed E-state index contributed by atoms with van der Waals surface area (Å²) in [4.78, 5) is 0. The molecule has 6 nitrogen and oxygen atoms in total. The molecule has 0 fully saturated rings.